The third-order valence-corrected chi connectivity index (χ3v) is 1.90. The molecule has 0 unspecified atom stereocenters. The van der Waals surface area contributed by atoms with Crippen molar-refractivity contribution < 1.29 is 9.53 Å². The van der Waals surface area contributed by atoms with Gasteiger partial charge in [-0.3, -0.25) is 0 Å². The van der Waals surface area contributed by atoms with Gasteiger partial charge in [-0.05, 0) is 38.7 Å². The summed E-state index contributed by atoms with van der Waals surface area (Å²) in [5.74, 6) is -0.239. The molecule has 1 rings (SSSR count). The summed E-state index contributed by atoms with van der Waals surface area (Å²) >= 11 is 0. The van der Waals surface area contributed by atoms with E-state index in [1.165, 1.54) is 12.0 Å². The predicted molar refractivity (Wildman–Crippen MR) is 46.7 cm³/mol. The van der Waals surface area contributed by atoms with Crippen molar-refractivity contribution in [2.45, 2.75) is 33.1 Å². The Balaban J connectivity index is 2.61. The van der Waals surface area contributed by atoms with Gasteiger partial charge >= 0.3 is 5.97 Å². The molecule has 0 spiro atoms. The highest BCUT2D eigenvalue weighted by Crippen LogP contribution is 2.24. The number of carbonyl (C=O) groups excluding carboxylic acids is 1. The molecule has 12 heavy (non-hydrogen) atoms. The summed E-state index contributed by atoms with van der Waals surface area (Å²) in [5, 5.41) is 0. The topological polar surface area (TPSA) is 26.3 Å². The van der Waals surface area contributed by atoms with E-state index in [0.717, 1.165) is 12.8 Å². The normalized spacial score (nSPS) is 14.7. The molecule has 0 heterocycles. The van der Waals surface area contributed by atoms with Gasteiger partial charge in [0.15, 0.2) is 0 Å². The molecule has 0 aromatic rings. The largest absolute Gasteiger partial charge is 0.462 e. The number of carbonyl (C=O) groups is 1. The van der Waals surface area contributed by atoms with Gasteiger partial charge in [0.05, 0.1) is 12.2 Å². The average Bonchev–Trinajstić information content (AvgIpc) is 1.97. The lowest BCUT2D eigenvalue weighted by Crippen LogP contribution is -2.05. The average molecular weight is 166 g/mol. The summed E-state index contributed by atoms with van der Waals surface area (Å²) in [6.07, 6.45) is 3.42. The molecule has 0 aromatic carbocycles. The van der Waals surface area contributed by atoms with Crippen molar-refractivity contribution in [3.05, 3.63) is 16.9 Å². The van der Waals surface area contributed by atoms with Crippen molar-refractivity contribution in [1.29, 1.82) is 0 Å². The van der Waals surface area contributed by atoms with Gasteiger partial charge in [0.2, 0.25) is 0 Å². The zero-order valence-corrected chi connectivity index (χ0v) is 7.64. The second-order valence-corrected chi connectivity index (χ2v) is 2.93. The Hall–Kier alpha value is -1.01. The molecule has 0 aromatic heterocycles. The Morgan fingerprint density at radius 3 is 2.67 bits per heavy atom. The van der Waals surface area contributed by atoms with Gasteiger partial charge in [-0.2, -0.15) is 0 Å². The first-order valence-electron chi connectivity index (χ1n) is 4.36. The molecule has 2 nitrogen and oxygen atoms in total. The minimum Gasteiger partial charge on any atom is -0.462 e. The Kier molecular flexibility index (Phi) is 3.12. The maximum absolute atomic E-state index is 11.1. The maximum Gasteiger partial charge on any atom is 0.341 e. The van der Waals surface area contributed by atoms with Crippen LogP contribution in [0.3, 0.4) is 0 Å². The van der Waals surface area contributed by atoms with E-state index >= 15 is 0 Å². The van der Waals surface area contributed by atoms with E-state index in [0.29, 0.717) is 12.2 Å². The third kappa shape index (κ3) is 2.24. The molecule has 1 saturated carbocycles. The molecule has 0 atom stereocenters. The van der Waals surface area contributed by atoms with Gasteiger partial charge < -0.3 is 4.74 Å². The number of rotatable bonds is 2. The minimum absolute atomic E-state index is 0.239. The van der Waals surface area contributed by atoms with Crippen LogP contribution in [0.25, 0.3) is 0 Å². The van der Waals surface area contributed by atoms with Crippen LogP contribution in [0.2, 0.25) is 0 Å². The zero-order chi connectivity index (χ0) is 8.97. The van der Waals surface area contributed by atoms with Crippen molar-refractivity contribution >= 4 is 5.97 Å². The van der Waals surface area contributed by atoms with Crippen molar-refractivity contribution in [2.24, 2.45) is 0 Å². The van der Waals surface area contributed by atoms with Gasteiger partial charge in [-0.25, -0.2) is 4.79 Å². The summed E-state index contributed by atoms with van der Waals surface area (Å²) in [5.41, 5.74) is 4.91. The zero-order valence-electron chi connectivity index (χ0n) is 7.64. The fourth-order valence-electron chi connectivity index (χ4n) is 1.03. The van der Waals surface area contributed by atoms with Gasteiger partial charge in [-0.1, -0.05) is 0 Å². The molecule has 1 aliphatic carbocycles. The summed E-state index contributed by atoms with van der Waals surface area (Å²) in [7, 11) is 0. The van der Waals surface area contributed by atoms with E-state index in [-0.39, 0.29) is 5.97 Å². The van der Waals surface area contributed by atoms with Crippen molar-refractivity contribution in [3.63, 3.8) is 0 Å². The van der Waals surface area contributed by atoms with Crippen molar-refractivity contribution in [2.75, 3.05) is 6.61 Å². The first-order chi connectivity index (χ1) is 5.74. The van der Waals surface area contributed by atoms with Crippen LogP contribution in [0.1, 0.15) is 33.1 Å². The second-order valence-electron chi connectivity index (χ2n) is 2.93. The highest BCUT2D eigenvalue weighted by atomic mass is 16.5. The summed E-state index contributed by atoms with van der Waals surface area (Å²) < 4.78 is 4.82. The maximum atomic E-state index is 11.1. The quantitative estimate of drug-likeness (QED) is 0.357. The molecule has 0 N–H and O–H groups in total. The lowest BCUT2D eigenvalue weighted by molar-refractivity contribution is -0.138. The van der Waals surface area contributed by atoms with Crippen molar-refractivity contribution in [3.8, 4) is 0 Å². The van der Waals surface area contributed by atoms with Gasteiger partial charge in [0.1, 0.15) is 0 Å². The molecule has 1 fully saturated rings. The van der Waals surface area contributed by atoms with E-state index in [9.17, 15) is 4.79 Å². The highest BCUT2D eigenvalue weighted by Gasteiger charge is 2.09. The smallest absolute Gasteiger partial charge is 0.341 e. The Labute approximate surface area is 72.9 Å². The molecule has 0 amide bonds. The van der Waals surface area contributed by atoms with Crippen LogP contribution in [-0.2, 0) is 9.53 Å². The summed E-state index contributed by atoms with van der Waals surface area (Å²) in [6.45, 7) is 4.00. The number of esters is 1. The van der Waals surface area contributed by atoms with E-state index in [1.54, 1.807) is 6.92 Å². The molecular formula is C10H14O2. The van der Waals surface area contributed by atoms with E-state index < -0.39 is 0 Å². The lowest BCUT2D eigenvalue weighted by atomic mass is 9.93. The molecule has 2 heteroatoms. The van der Waals surface area contributed by atoms with Crippen LogP contribution in [0, 0.1) is 0 Å². The molecule has 0 saturated heterocycles. The number of hydrogen-bond acceptors (Lipinski definition) is 2. The first-order valence-corrected chi connectivity index (χ1v) is 4.36. The van der Waals surface area contributed by atoms with Crippen LogP contribution >= 0.6 is 0 Å². The van der Waals surface area contributed by atoms with E-state index in [2.05, 4.69) is 5.73 Å². The van der Waals surface area contributed by atoms with E-state index in [4.69, 9.17) is 4.74 Å². The van der Waals surface area contributed by atoms with Crippen molar-refractivity contribution in [1.82, 2.24) is 0 Å². The summed E-state index contributed by atoms with van der Waals surface area (Å²) in [6, 6.07) is 0. The van der Waals surface area contributed by atoms with Gasteiger partial charge in [0, 0.05) is 0 Å². The molecule has 1 aliphatic rings. The van der Waals surface area contributed by atoms with Crippen LogP contribution in [0.5, 0.6) is 0 Å². The molecule has 0 radical (unpaired) electrons. The van der Waals surface area contributed by atoms with E-state index in [1.807, 2.05) is 6.92 Å². The SMILES string of the molecule is CCOC(=O)C(C)=C=C1CCC1. The lowest BCUT2D eigenvalue weighted by Gasteiger charge is -2.12. The van der Waals surface area contributed by atoms with Gasteiger partial charge in [-0.15, -0.1) is 5.73 Å². The minimum atomic E-state index is -0.239. The number of ether oxygens (including phenoxy) is 1. The second kappa shape index (κ2) is 4.13. The fourth-order valence-corrected chi connectivity index (χ4v) is 1.03. The first kappa shape index (κ1) is 9.08. The van der Waals surface area contributed by atoms with Crippen LogP contribution in [0.15, 0.2) is 16.9 Å². The highest BCUT2D eigenvalue weighted by molar-refractivity contribution is 5.87. The van der Waals surface area contributed by atoms with Crippen LogP contribution in [0.4, 0.5) is 0 Å². The standard InChI is InChI=1S/C10H14O2/c1-3-12-10(11)8(2)7-9-5-4-6-9/h3-6H2,1-2H3. The van der Waals surface area contributed by atoms with Crippen LogP contribution in [-0.4, -0.2) is 12.6 Å². The van der Waals surface area contributed by atoms with Crippen LogP contribution < -0.4 is 0 Å². The Morgan fingerprint density at radius 1 is 1.58 bits per heavy atom. The Morgan fingerprint density at radius 2 is 2.25 bits per heavy atom. The molecule has 66 valence electrons. The predicted octanol–water partition coefficient (Wildman–Crippen LogP) is 2.21. The number of hydrogen-bond donors (Lipinski definition) is 0. The summed E-state index contributed by atoms with van der Waals surface area (Å²) in [4.78, 5) is 11.1. The molecule has 0 bridgehead atoms. The Bertz CT molecular complexity index is 239. The molecule has 0 aliphatic heterocycles. The molecular weight excluding hydrogens is 152 g/mol. The van der Waals surface area contributed by atoms with Gasteiger partial charge in [0.25, 0.3) is 0 Å². The monoisotopic (exact) mass is 166 g/mol. The third-order valence-electron chi connectivity index (χ3n) is 1.90. The fraction of sp³-hybridized carbons (Fsp3) is 0.600.